The summed E-state index contributed by atoms with van der Waals surface area (Å²) in [5.41, 5.74) is 8.44. The highest BCUT2D eigenvalue weighted by Crippen LogP contribution is 2.16. The van der Waals surface area contributed by atoms with Gasteiger partial charge < -0.3 is 15.5 Å². The van der Waals surface area contributed by atoms with Gasteiger partial charge >= 0.3 is 0 Å². The molecule has 0 saturated heterocycles. The molecule has 1 aromatic heterocycles. The van der Waals surface area contributed by atoms with E-state index in [0.717, 1.165) is 11.1 Å². The van der Waals surface area contributed by atoms with Crippen LogP contribution in [-0.4, -0.2) is 5.91 Å². The summed E-state index contributed by atoms with van der Waals surface area (Å²) >= 11 is 5.60. The summed E-state index contributed by atoms with van der Waals surface area (Å²) in [5.74, 6) is -0.106. The van der Waals surface area contributed by atoms with Gasteiger partial charge in [-0.2, -0.15) is 0 Å². The van der Waals surface area contributed by atoms with Gasteiger partial charge in [0.05, 0.1) is 0 Å². The fourth-order valence-electron chi connectivity index (χ4n) is 1.59. The van der Waals surface area contributed by atoms with Crippen molar-refractivity contribution in [1.29, 1.82) is 0 Å². The van der Waals surface area contributed by atoms with E-state index in [1.807, 2.05) is 25.1 Å². The van der Waals surface area contributed by atoms with Crippen molar-refractivity contribution in [3.05, 3.63) is 52.4 Å². The van der Waals surface area contributed by atoms with Crippen molar-refractivity contribution >= 4 is 23.2 Å². The van der Waals surface area contributed by atoms with E-state index in [9.17, 15) is 4.79 Å². The summed E-state index contributed by atoms with van der Waals surface area (Å²) in [5, 5.41) is 2.94. The Morgan fingerprint density at radius 2 is 2.17 bits per heavy atom. The van der Waals surface area contributed by atoms with Crippen molar-refractivity contribution in [2.24, 2.45) is 0 Å². The molecular formula is C13H13ClN2O2. The molecule has 0 radical (unpaired) electrons. The number of carbonyl (C=O) groups excluding carboxylic acids is 1. The Hall–Kier alpha value is -1.94. The second kappa shape index (κ2) is 5.14. The Morgan fingerprint density at radius 3 is 2.83 bits per heavy atom. The first-order valence-electron chi connectivity index (χ1n) is 5.45. The van der Waals surface area contributed by atoms with E-state index >= 15 is 0 Å². The minimum Gasteiger partial charge on any atom is -0.440 e. The summed E-state index contributed by atoms with van der Waals surface area (Å²) < 4.78 is 5.02. The van der Waals surface area contributed by atoms with Crippen molar-refractivity contribution < 1.29 is 9.21 Å². The van der Waals surface area contributed by atoms with Crippen LogP contribution in [0.25, 0.3) is 0 Å². The first-order chi connectivity index (χ1) is 8.58. The van der Waals surface area contributed by atoms with Crippen LogP contribution in [0.3, 0.4) is 0 Å². The number of benzene rings is 1. The number of carbonyl (C=O) groups is 1. The standard InChI is InChI=1S/C13H13ClN2O2/c1-8-9(3-2-4-10(8)15)7-16-13(17)11-5-6-12(14)18-11/h2-6H,7,15H2,1H3,(H,16,17). The molecule has 0 unspecified atom stereocenters. The van der Waals surface area contributed by atoms with Crippen LogP contribution >= 0.6 is 11.6 Å². The topological polar surface area (TPSA) is 68.3 Å². The van der Waals surface area contributed by atoms with E-state index in [1.54, 1.807) is 0 Å². The third kappa shape index (κ3) is 2.65. The van der Waals surface area contributed by atoms with E-state index < -0.39 is 0 Å². The summed E-state index contributed by atoms with van der Waals surface area (Å²) in [6.07, 6.45) is 0. The van der Waals surface area contributed by atoms with E-state index in [2.05, 4.69) is 5.32 Å². The molecule has 0 fully saturated rings. The van der Waals surface area contributed by atoms with Crippen molar-refractivity contribution in [3.8, 4) is 0 Å². The molecule has 0 bridgehead atoms. The smallest absolute Gasteiger partial charge is 0.287 e. The molecule has 0 aliphatic rings. The van der Waals surface area contributed by atoms with Crippen LogP contribution in [0.5, 0.6) is 0 Å². The fourth-order valence-corrected chi connectivity index (χ4v) is 1.74. The molecular weight excluding hydrogens is 252 g/mol. The lowest BCUT2D eigenvalue weighted by Crippen LogP contribution is -2.22. The molecule has 0 saturated carbocycles. The zero-order valence-electron chi connectivity index (χ0n) is 9.87. The zero-order chi connectivity index (χ0) is 13.1. The summed E-state index contributed by atoms with van der Waals surface area (Å²) in [6, 6.07) is 8.66. The first kappa shape index (κ1) is 12.5. The second-order valence-corrected chi connectivity index (χ2v) is 4.29. The van der Waals surface area contributed by atoms with Crippen LogP contribution in [-0.2, 0) is 6.54 Å². The highest BCUT2D eigenvalue weighted by Gasteiger charge is 2.10. The van der Waals surface area contributed by atoms with Crippen LogP contribution in [0.4, 0.5) is 5.69 Å². The molecule has 2 rings (SSSR count). The normalized spacial score (nSPS) is 10.3. The summed E-state index contributed by atoms with van der Waals surface area (Å²) in [7, 11) is 0. The van der Waals surface area contributed by atoms with Crippen molar-refractivity contribution in [1.82, 2.24) is 5.32 Å². The Balaban J connectivity index is 2.04. The molecule has 0 spiro atoms. The molecule has 4 nitrogen and oxygen atoms in total. The van der Waals surface area contributed by atoms with Gasteiger partial charge in [-0.3, -0.25) is 4.79 Å². The van der Waals surface area contributed by atoms with Gasteiger partial charge in [0.1, 0.15) is 0 Å². The highest BCUT2D eigenvalue weighted by molar-refractivity contribution is 6.29. The molecule has 5 heteroatoms. The molecule has 3 N–H and O–H groups in total. The molecule has 2 aromatic rings. The van der Waals surface area contributed by atoms with Crippen LogP contribution < -0.4 is 11.1 Å². The Labute approximate surface area is 110 Å². The van der Waals surface area contributed by atoms with Crippen molar-refractivity contribution in [2.75, 3.05) is 5.73 Å². The van der Waals surface area contributed by atoms with Crippen molar-refractivity contribution in [2.45, 2.75) is 13.5 Å². The highest BCUT2D eigenvalue weighted by atomic mass is 35.5. The predicted octanol–water partition coefficient (Wildman–Crippen LogP) is 2.75. The molecule has 0 atom stereocenters. The third-order valence-corrected chi connectivity index (χ3v) is 2.93. The predicted molar refractivity (Wildman–Crippen MR) is 70.5 cm³/mol. The molecule has 94 valence electrons. The van der Waals surface area contributed by atoms with Gasteiger partial charge in [-0.15, -0.1) is 0 Å². The number of amides is 1. The van der Waals surface area contributed by atoms with Crippen LogP contribution in [0.2, 0.25) is 5.22 Å². The molecule has 1 heterocycles. The average Bonchev–Trinajstić information content (AvgIpc) is 2.77. The van der Waals surface area contributed by atoms with Gasteiger partial charge in [-0.1, -0.05) is 12.1 Å². The minimum atomic E-state index is -0.302. The zero-order valence-corrected chi connectivity index (χ0v) is 10.6. The number of nitrogen functional groups attached to an aromatic ring is 1. The fraction of sp³-hybridized carbons (Fsp3) is 0.154. The van der Waals surface area contributed by atoms with E-state index in [0.29, 0.717) is 12.2 Å². The minimum absolute atomic E-state index is 0.195. The van der Waals surface area contributed by atoms with E-state index in [4.69, 9.17) is 21.8 Å². The molecule has 0 aliphatic carbocycles. The van der Waals surface area contributed by atoms with Gasteiger partial charge in [-0.25, -0.2) is 0 Å². The number of halogens is 1. The monoisotopic (exact) mass is 264 g/mol. The second-order valence-electron chi connectivity index (χ2n) is 3.92. The summed E-state index contributed by atoms with van der Waals surface area (Å²) in [4.78, 5) is 11.7. The maximum atomic E-state index is 11.7. The number of rotatable bonds is 3. The molecule has 0 aliphatic heterocycles. The number of hydrogen-bond donors (Lipinski definition) is 2. The molecule has 18 heavy (non-hydrogen) atoms. The number of nitrogens with one attached hydrogen (secondary N) is 1. The van der Waals surface area contributed by atoms with Gasteiger partial charge in [0, 0.05) is 12.2 Å². The van der Waals surface area contributed by atoms with Gasteiger partial charge in [-0.05, 0) is 47.9 Å². The Kier molecular flexibility index (Phi) is 3.58. The Bertz CT molecular complexity index is 578. The average molecular weight is 265 g/mol. The maximum Gasteiger partial charge on any atom is 0.287 e. The lowest BCUT2D eigenvalue weighted by Gasteiger charge is -2.08. The number of nitrogens with two attached hydrogens (primary N) is 1. The largest absolute Gasteiger partial charge is 0.440 e. The van der Waals surface area contributed by atoms with Crippen molar-refractivity contribution in [3.63, 3.8) is 0 Å². The van der Waals surface area contributed by atoms with Gasteiger partial charge in [0.15, 0.2) is 11.0 Å². The first-order valence-corrected chi connectivity index (χ1v) is 5.83. The molecule has 1 aromatic carbocycles. The SMILES string of the molecule is Cc1c(N)cccc1CNC(=O)c1ccc(Cl)o1. The lowest BCUT2D eigenvalue weighted by molar-refractivity contribution is 0.0923. The maximum absolute atomic E-state index is 11.7. The van der Waals surface area contributed by atoms with Crippen LogP contribution in [0.15, 0.2) is 34.7 Å². The number of hydrogen-bond acceptors (Lipinski definition) is 3. The summed E-state index contributed by atoms with van der Waals surface area (Å²) in [6.45, 7) is 2.31. The number of furan rings is 1. The van der Waals surface area contributed by atoms with Crippen LogP contribution in [0.1, 0.15) is 21.7 Å². The molecule has 1 amide bonds. The van der Waals surface area contributed by atoms with Crippen LogP contribution in [0, 0.1) is 6.92 Å². The van der Waals surface area contributed by atoms with Gasteiger partial charge in [0.25, 0.3) is 5.91 Å². The quantitative estimate of drug-likeness (QED) is 0.838. The lowest BCUT2D eigenvalue weighted by atomic mass is 10.1. The van der Waals surface area contributed by atoms with E-state index in [1.165, 1.54) is 12.1 Å². The van der Waals surface area contributed by atoms with E-state index in [-0.39, 0.29) is 16.9 Å². The number of anilines is 1. The Morgan fingerprint density at radius 1 is 1.39 bits per heavy atom. The third-order valence-electron chi connectivity index (χ3n) is 2.72. The van der Waals surface area contributed by atoms with Gasteiger partial charge in [0.2, 0.25) is 0 Å².